The van der Waals surface area contributed by atoms with E-state index in [2.05, 4.69) is 22.0 Å². The van der Waals surface area contributed by atoms with Crippen molar-refractivity contribution in [3.8, 4) is 0 Å². The lowest BCUT2D eigenvalue weighted by Gasteiger charge is -2.33. The molecule has 0 spiro atoms. The van der Waals surface area contributed by atoms with Crippen molar-refractivity contribution in [2.75, 3.05) is 18.0 Å². The van der Waals surface area contributed by atoms with Crippen LogP contribution in [0.4, 0.5) is 5.13 Å². The van der Waals surface area contributed by atoms with E-state index in [4.69, 9.17) is 11.6 Å². The number of piperidine rings is 1. The molecule has 0 saturated carbocycles. The van der Waals surface area contributed by atoms with E-state index < -0.39 is 0 Å². The molecule has 0 bridgehead atoms. The highest BCUT2D eigenvalue weighted by atomic mass is 35.5. The molecular weight excluding hydrogens is 206 g/mol. The average Bonchev–Trinajstić information content (AvgIpc) is 2.62. The molecule has 2 unspecified atom stereocenters. The molecule has 0 aliphatic carbocycles. The Labute approximate surface area is 86.7 Å². The molecule has 0 radical (unpaired) electrons. The monoisotopic (exact) mass is 217 g/mol. The van der Waals surface area contributed by atoms with E-state index in [0.717, 1.165) is 24.6 Å². The fraction of sp³-hybridized carbons (Fsp3) is 0.750. The SMILES string of the molecule is CC1CN(c2nncs2)CCC1Cl. The Morgan fingerprint density at radius 1 is 1.69 bits per heavy atom. The fourth-order valence-corrected chi connectivity index (χ4v) is 2.37. The fourth-order valence-electron chi connectivity index (χ4n) is 1.60. The van der Waals surface area contributed by atoms with Crippen LogP contribution in [0.2, 0.25) is 0 Å². The first-order valence-corrected chi connectivity index (χ1v) is 5.74. The van der Waals surface area contributed by atoms with Gasteiger partial charge in [0, 0.05) is 18.5 Å². The predicted octanol–water partition coefficient (Wildman–Crippen LogP) is 1.99. The van der Waals surface area contributed by atoms with Crippen LogP contribution in [0.5, 0.6) is 0 Å². The Morgan fingerprint density at radius 3 is 3.15 bits per heavy atom. The zero-order valence-electron chi connectivity index (χ0n) is 7.48. The zero-order chi connectivity index (χ0) is 9.26. The number of nitrogens with zero attached hydrogens (tertiary/aromatic N) is 3. The third-order valence-corrected chi connectivity index (χ3v) is 3.82. The van der Waals surface area contributed by atoms with Crippen molar-refractivity contribution in [1.29, 1.82) is 0 Å². The van der Waals surface area contributed by atoms with Gasteiger partial charge in [-0.25, -0.2) is 0 Å². The van der Waals surface area contributed by atoms with Gasteiger partial charge in [0.05, 0.1) is 0 Å². The Balaban J connectivity index is 2.03. The summed E-state index contributed by atoms with van der Waals surface area (Å²) in [5, 5.41) is 9.23. The van der Waals surface area contributed by atoms with Gasteiger partial charge in [-0.1, -0.05) is 18.3 Å². The molecule has 5 heteroatoms. The van der Waals surface area contributed by atoms with E-state index >= 15 is 0 Å². The van der Waals surface area contributed by atoms with Crippen LogP contribution in [-0.4, -0.2) is 28.7 Å². The predicted molar refractivity (Wildman–Crippen MR) is 55.5 cm³/mol. The van der Waals surface area contributed by atoms with Gasteiger partial charge in [0.25, 0.3) is 0 Å². The van der Waals surface area contributed by atoms with Gasteiger partial charge in [-0.2, -0.15) is 0 Å². The van der Waals surface area contributed by atoms with Gasteiger partial charge >= 0.3 is 0 Å². The normalized spacial score (nSPS) is 29.2. The molecule has 1 fully saturated rings. The first-order valence-electron chi connectivity index (χ1n) is 4.42. The summed E-state index contributed by atoms with van der Waals surface area (Å²) in [5.74, 6) is 0.541. The van der Waals surface area contributed by atoms with Crippen LogP contribution in [0, 0.1) is 5.92 Å². The molecule has 1 aromatic rings. The van der Waals surface area contributed by atoms with Gasteiger partial charge in [-0.3, -0.25) is 0 Å². The van der Waals surface area contributed by atoms with E-state index in [1.165, 1.54) is 0 Å². The van der Waals surface area contributed by atoms with E-state index in [-0.39, 0.29) is 0 Å². The standard InChI is InChI=1S/C8H12ClN3S/c1-6-4-12(3-2-7(6)9)8-11-10-5-13-8/h5-7H,2-4H2,1H3. The van der Waals surface area contributed by atoms with Crippen molar-refractivity contribution in [3.63, 3.8) is 0 Å². The van der Waals surface area contributed by atoms with Crippen LogP contribution in [0.25, 0.3) is 0 Å². The maximum atomic E-state index is 6.13. The highest BCUT2D eigenvalue weighted by Crippen LogP contribution is 2.26. The molecule has 0 amide bonds. The average molecular weight is 218 g/mol. The molecule has 13 heavy (non-hydrogen) atoms. The molecule has 1 aliphatic heterocycles. The largest absolute Gasteiger partial charge is 0.346 e. The number of halogens is 1. The Hall–Kier alpha value is -0.350. The first-order chi connectivity index (χ1) is 6.27. The highest BCUT2D eigenvalue weighted by Gasteiger charge is 2.25. The van der Waals surface area contributed by atoms with E-state index in [0.29, 0.717) is 11.3 Å². The minimum atomic E-state index is 0.323. The summed E-state index contributed by atoms with van der Waals surface area (Å²) in [4.78, 5) is 2.27. The number of rotatable bonds is 1. The lowest BCUT2D eigenvalue weighted by Crippen LogP contribution is -2.39. The lowest BCUT2D eigenvalue weighted by molar-refractivity contribution is 0.453. The van der Waals surface area contributed by atoms with Crippen molar-refractivity contribution in [3.05, 3.63) is 5.51 Å². The van der Waals surface area contributed by atoms with Gasteiger partial charge in [0.1, 0.15) is 5.51 Å². The summed E-state index contributed by atoms with van der Waals surface area (Å²) in [5.41, 5.74) is 1.77. The van der Waals surface area contributed by atoms with Crippen LogP contribution >= 0.6 is 22.9 Å². The van der Waals surface area contributed by atoms with Crippen molar-refractivity contribution < 1.29 is 0 Å². The van der Waals surface area contributed by atoms with Gasteiger partial charge in [-0.05, 0) is 12.3 Å². The third-order valence-electron chi connectivity index (χ3n) is 2.42. The summed E-state index contributed by atoms with van der Waals surface area (Å²) in [6, 6.07) is 0. The van der Waals surface area contributed by atoms with Crippen LogP contribution in [0.1, 0.15) is 13.3 Å². The van der Waals surface area contributed by atoms with Crippen LogP contribution in [0.15, 0.2) is 5.51 Å². The smallest absolute Gasteiger partial charge is 0.208 e. The van der Waals surface area contributed by atoms with Gasteiger partial charge < -0.3 is 4.90 Å². The molecule has 1 aliphatic rings. The molecule has 2 heterocycles. The van der Waals surface area contributed by atoms with Gasteiger partial charge in [0.2, 0.25) is 5.13 Å². The van der Waals surface area contributed by atoms with E-state index in [1.807, 2.05) is 0 Å². The number of aromatic nitrogens is 2. The highest BCUT2D eigenvalue weighted by molar-refractivity contribution is 7.13. The number of alkyl halides is 1. The van der Waals surface area contributed by atoms with Crippen LogP contribution < -0.4 is 4.90 Å². The maximum Gasteiger partial charge on any atom is 0.208 e. The van der Waals surface area contributed by atoms with Gasteiger partial charge in [0.15, 0.2) is 0 Å². The Morgan fingerprint density at radius 2 is 2.54 bits per heavy atom. The minimum Gasteiger partial charge on any atom is -0.346 e. The molecular formula is C8H12ClN3S. The molecule has 2 atom stereocenters. The van der Waals surface area contributed by atoms with Crippen molar-refractivity contribution in [2.24, 2.45) is 5.92 Å². The van der Waals surface area contributed by atoms with Crippen LogP contribution in [-0.2, 0) is 0 Å². The van der Waals surface area contributed by atoms with E-state index in [1.54, 1.807) is 16.8 Å². The summed E-state index contributed by atoms with van der Waals surface area (Å²) in [6.07, 6.45) is 1.04. The van der Waals surface area contributed by atoms with Crippen molar-refractivity contribution in [2.45, 2.75) is 18.7 Å². The second-order valence-corrected chi connectivity index (χ2v) is 4.82. The second kappa shape index (κ2) is 3.80. The lowest BCUT2D eigenvalue weighted by atomic mass is 10.0. The third kappa shape index (κ3) is 1.94. The Kier molecular flexibility index (Phi) is 2.69. The van der Waals surface area contributed by atoms with Crippen LogP contribution in [0.3, 0.4) is 0 Å². The maximum absolute atomic E-state index is 6.13. The molecule has 0 N–H and O–H groups in total. The van der Waals surface area contributed by atoms with Crippen molar-refractivity contribution >= 4 is 28.1 Å². The summed E-state index contributed by atoms with van der Waals surface area (Å²) in [6.45, 7) is 4.20. The summed E-state index contributed by atoms with van der Waals surface area (Å²) < 4.78 is 0. The van der Waals surface area contributed by atoms with Crippen molar-refractivity contribution in [1.82, 2.24) is 10.2 Å². The molecule has 3 nitrogen and oxygen atoms in total. The molecule has 1 aromatic heterocycles. The minimum absolute atomic E-state index is 0.323. The number of anilines is 1. The molecule has 72 valence electrons. The summed E-state index contributed by atoms with van der Waals surface area (Å²) in [7, 11) is 0. The molecule has 0 aromatic carbocycles. The van der Waals surface area contributed by atoms with E-state index in [9.17, 15) is 0 Å². The first kappa shape index (κ1) is 9.21. The second-order valence-electron chi connectivity index (χ2n) is 3.45. The Bertz CT molecular complexity index is 264. The summed E-state index contributed by atoms with van der Waals surface area (Å²) >= 11 is 7.73. The molecule has 1 saturated heterocycles. The van der Waals surface area contributed by atoms with Gasteiger partial charge in [-0.15, -0.1) is 21.8 Å². The number of hydrogen-bond donors (Lipinski definition) is 0. The number of hydrogen-bond acceptors (Lipinski definition) is 4. The zero-order valence-corrected chi connectivity index (χ0v) is 9.05. The quantitative estimate of drug-likeness (QED) is 0.674. The molecule has 2 rings (SSSR count). The topological polar surface area (TPSA) is 29.0 Å².